The van der Waals surface area contributed by atoms with E-state index in [2.05, 4.69) is 15.6 Å². The van der Waals surface area contributed by atoms with Gasteiger partial charge in [-0.3, -0.25) is 14.5 Å². The average molecular weight is 488 g/mol. The van der Waals surface area contributed by atoms with Gasteiger partial charge in [0.25, 0.3) is 0 Å². The van der Waals surface area contributed by atoms with Crippen molar-refractivity contribution in [3.63, 3.8) is 0 Å². The molecule has 1 unspecified atom stereocenters. The number of anilines is 1. The Hall–Kier alpha value is -4.24. The number of ether oxygens (including phenoxy) is 2. The van der Waals surface area contributed by atoms with E-state index in [1.807, 2.05) is 61.5 Å². The summed E-state index contributed by atoms with van der Waals surface area (Å²) in [6, 6.07) is 21.1. The highest BCUT2D eigenvalue weighted by Gasteiger charge is 2.34. The van der Waals surface area contributed by atoms with Crippen LogP contribution in [0.1, 0.15) is 17.2 Å². The van der Waals surface area contributed by atoms with Crippen LogP contribution in [0, 0.1) is 6.92 Å². The second-order valence-electron chi connectivity index (χ2n) is 8.25. The van der Waals surface area contributed by atoms with Crippen LogP contribution < -0.4 is 15.0 Å². The zero-order valence-corrected chi connectivity index (χ0v) is 20.5. The molecule has 0 saturated carbocycles. The zero-order chi connectivity index (χ0) is 25.5. The number of nitrogens with one attached hydrogen (secondary N) is 1. The van der Waals surface area contributed by atoms with E-state index in [1.54, 1.807) is 37.1 Å². The number of carbonyl (C=O) groups excluding carboxylic acids is 2. The molecule has 4 aromatic rings. The van der Waals surface area contributed by atoms with Crippen molar-refractivity contribution in [1.82, 2.24) is 20.3 Å². The van der Waals surface area contributed by atoms with Gasteiger partial charge in [-0.1, -0.05) is 47.7 Å². The Bertz CT molecular complexity index is 1350. The Morgan fingerprint density at radius 3 is 2.58 bits per heavy atom. The van der Waals surface area contributed by atoms with Gasteiger partial charge in [0.05, 0.1) is 19.2 Å². The number of aromatic nitrogens is 3. The summed E-state index contributed by atoms with van der Waals surface area (Å²) in [7, 11) is 3.13. The van der Waals surface area contributed by atoms with Crippen molar-refractivity contribution >= 4 is 28.5 Å². The number of methoxy groups -OCH3 is 2. The molecular weight excluding hydrogens is 458 g/mol. The molecule has 0 saturated heterocycles. The molecule has 0 aliphatic carbocycles. The number of hydrogen-bond acceptors (Lipinski definition) is 6. The molecule has 0 radical (unpaired) electrons. The van der Waals surface area contributed by atoms with Gasteiger partial charge in [-0.15, -0.1) is 5.10 Å². The molecule has 1 N–H and O–H groups in total. The summed E-state index contributed by atoms with van der Waals surface area (Å²) in [6.45, 7) is 2.46. The van der Waals surface area contributed by atoms with Crippen LogP contribution in [0.15, 0.2) is 72.8 Å². The van der Waals surface area contributed by atoms with Gasteiger partial charge >= 0.3 is 0 Å². The maximum atomic E-state index is 14.0. The predicted molar refractivity (Wildman–Crippen MR) is 137 cm³/mol. The number of rotatable bonds is 10. The molecule has 3 aromatic carbocycles. The standard InChI is InChI=1S/C27H29N5O4/c1-19-9-4-6-13-23(19)32(25(33)18-31-24-14-7-5-12-22(24)29-30-31)26(27(34)28-15-16-35-2)20-10-8-11-21(17-20)36-3/h4-14,17,26H,15-16,18H2,1-3H3,(H,28,34). The molecule has 4 rings (SSSR count). The summed E-state index contributed by atoms with van der Waals surface area (Å²) < 4.78 is 12.1. The second-order valence-corrected chi connectivity index (χ2v) is 8.25. The van der Waals surface area contributed by atoms with E-state index in [-0.39, 0.29) is 18.4 Å². The third-order valence-corrected chi connectivity index (χ3v) is 5.87. The van der Waals surface area contributed by atoms with Gasteiger partial charge in [0.2, 0.25) is 11.8 Å². The first kappa shape index (κ1) is 24.9. The number of hydrogen-bond donors (Lipinski definition) is 1. The fourth-order valence-corrected chi connectivity index (χ4v) is 4.09. The van der Waals surface area contributed by atoms with E-state index >= 15 is 0 Å². The number of amides is 2. The van der Waals surface area contributed by atoms with Gasteiger partial charge in [0.1, 0.15) is 23.9 Å². The minimum Gasteiger partial charge on any atom is -0.497 e. The third-order valence-electron chi connectivity index (χ3n) is 5.87. The zero-order valence-electron chi connectivity index (χ0n) is 20.5. The predicted octanol–water partition coefficient (Wildman–Crippen LogP) is 3.29. The topological polar surface area (TPSA) is 98.6 Å². The molecule has 1 aromatic heterocycles. The van der Waals surface area contributed by atoms with Crippen LogP contribution in [0.25, 0.3) is 11.0 Å². The Morgan fingerprint density at radius 1 is 1.03 bits per heavy atom. The molecule has 1 atom stereocenters. The first-order valence-corrected chi connectivity index (χ1v) is 11.6. The molecule has 9 nitrogen and oxygen atoms in total. The smallest absolute Gasteiger partial charge is 0.249 e. The van der Waals surface area contributed by atoms with Crippen molar-refractivity contribution in [2.75, 3.05) is 32.3 Å². The minimum absolute atomic E-state index is 0.0966. The lowest BCUT2D eigenvalue weighted by Crippen LogP contribution is -2.46. The van der Waals surface area contributed by atoms with E-state index in [0.717, 1.165) is 11.1 Å². The second kappa shape index (κ2) is 11.5. The number of benzene rings is 3. The highest BCUT2D eigenvalue weighted by atomic mass is 16.5. The molecule has 0 spiro atoms. The number of nitrogens with zero attached hydrogens (tertiary/aromatic N) is 4. The Kier molecular flexibility index (Phi) is 7.92. The van der Waals surface area contributed by atoms with Gasteiger partial charge in [-0.05, 0) is 48.4 Å². The summed E-state index contributed by atoms with van der Waals surface area (Å²) in [4.78, 5) is 29.2. The van der Waals surface area contributed by atoms with Crippen molar-refractivity contribution in [2.45, 2.75) is 19.5 Å². The van der Waals surface area contributed by atoms with E-state index in [4.69, 9.17) is 9.47 Å². The molecule has 36 heavy (non-hydrogen) atoms. The average Bonchev–Trinajstić information content (AvgIpc) is 3.30. The Morgan fingerprint density at radius 2 is 1.81 bits per heavy atom. The SMILES string of the molecule is COCCNC(=O)C(c1cccc(OC)c1)N(C(=O)Cn1nnc2ccccc21)c1ccccc1C. The number of fused-ring (bicyclic) bond motifs is 1. The molecular formula is C27H29N5O4. The summed E-state index contributed by atoms with van der Waals surface area (Å²) in [5, 5.41) is 11.2. The molecule has 9 heteroatoms. The van der Waals surface area contributed by atoms with Gasteiger partial charge in [-0.2, -0.15) is 0 Å². The van der Waals surface area contributed by atoms with Crippen LogP contribution in [0.2, 0.25) is 0 Å². The van der Waals surface area contributed by atoms with Crippen molar-refractivity contribution < 1.29 is 19.1 Å². The van der Waals surface area contributed by atoms with Crippen LogP contribution in [-0.2, 0) is 20.9 Å². The van der Waals surface area contributed by atoms with Crippen molar-refractivity contribution in [3.05, 3.63) is 83.9 Å². The molecule has 0 fully saturated rings. The van der Waals surface area contributed by atoms with Gasteiger partial charge in [0.15, 0.2) is 0 Å². The lowest BCUT2D eigenvalue weighted by atomic mass is 10.0. The number of para-hydroxylation sites is 2. The van der Waals surface area contributed by atoms with E-state index in [9.17, 15) is 9.59 Å². The third kappa shape index (κ3) is 5.36. The fraction of sp³-hybridized carbons (Fsp3) is 0.259. The maximum Gasteiger partial charge on any atom is 0.249 e. The first-order valence-electron chi connectivity index (χ1n) is 11.6. The highest BCUT2D eigenvalue weighted by Crippen LogP contribution is 2.32. The highest BCUT2D eigenvalue weighted by molar-refractivity contribution is 6.02. The number of carbonyl (C=O) groups is 2. The number of aryl methyl sites for hydroxylation is 1. The Labute approximate surface area is 209 Å². The fourth-order valence-electron chi connectivity index (χ4n) is 4.09. The quantitative estimate of drug-likeness (QED) is 0.345. The van der Waals surface area contributed by atoms with Gasteiger partial charge in [0, 0.05) is 19.3 Å². The van der Waals surface area contributed by atoms with Gasteiger partial charge in [-0.25, -0.2) is 4.68 Å². The molecule has 0 aliphatic rings. The van der Waals surface area contributed by atoms with Crippen LogP contribution in [0.4, 0.5) is 5.69 Å². The lowest BCUT2D eigenvalue weighted by molar-refractivity contribution is -0.127. The normalized spacial score (nSPS) is 11.8. The summed E-state index contributed by atoms with van der Waals surface area (Å²) in [6.07, 6.45) is 0. The maximum absolute atomic E-state index is 14.0. The summed E-state index contributed by atoms with van der Waals surface area (Å²) >= 11 is 0. The molecule has 1 heterocycles. The van der Waals surface area contributed by atoms with E-state index in [0.29, 0.717) is 35.7 Å². The van der Waals surface area contributed by atoms with E-state index < -0.39 is 6.04 Å². The van der Waals surface area contributed by atoms with Crippen molar-refractivity contribution in [1.29, 1.82) is 0 Å². The largest absolute Gasteiger partial charge is 0.497 e. The van der Waals surface area contributed by atoms with Crippen molar-refractivity contribution in [3.8, 4) is 5.75 Å². The molecule has 186 valence electrons. The van der Waals surface area contributed by atoms with Crippen LogP contribution >= 0.6 is 0 Å². The van der Waals surface area contributed by atoms with E-state index in [1.165, 1.54) is 4.90 Å². The summed E-state index contributed by atoms with van der Waals surface area (Å²) in [5.74, 6) is -0.0586. The minimum atomic E-state index is -0.958. The molecule has 2 amide bonds. The molecule has 0 bridgehead atoms. The van der Waals surface area contributed by atoms with Gasteiger partial charge < -0.3 is 14.8 Å². The molecule has 0 aliphatic heterocycles. The van der Waals surface area contributed by atoms with Crippen molar-refractivity contribution in [2.24, 2.45) is 0 Å². The first-order chi connectivity index (χ1) is 17.5. The lowest BCUT2D eigenvalue weighted by Gasteiger charge is -2.32. The monoisotopic (exact) mass is 487 g/mol. The van der Waals surface area contributed by atoms with Crippen LogP contribution in [0.5, 0.6) is 5.75 Å². The summed E-state index contributed by atoms with van der Waals surface area (Å²) in [5.41, 5.74) is 3.52. The van der Waals surface area contributed by atoms with Crippen LogP contribution in [-0.4, -0.2) is 54.2 Å². The Balaban J connectivity index is 1.80. The van der Waals surface area contributed by atoms with Crippen LogP contribution in [0.3, 0.4) is 0 Å².